The lowest BCUT2D eigenvalue weighted by molar-refractivity contribution is 0.0697. The zero-order chi connectivity index (χ0) is 19.3. The first-order chi connectivity index (χ1) is 12.2. The Morgan fingerprint density at radius 1 is 1.23 bits per heavy atom. The van der Waals surface area contributed by atoms with E-state index in [1.807, 2.05) is 11.8 Å². The maximum Gasteiger partial charge on any atom is 0.337 e. The van der Waals surface area contributed by atoms with Crippen molar-refractivity contribution in [2.45, 2.75) is 24.7 Å². The smallest absolute Gasteiger partial charge is 0.337 e. The van der Waals surface area contributed by atoms with Crippen LogP contribution >= 0.6 is 0 Å². The van der Waals surface area contributed by atoms with E-state index in [4.69, 9.17) is 0 Å². The van der Waals surface area contributed by atoms with Crippen LogP contribution in [0.2, 0.25) is 0 Å². The van der Waals surface area contributed by atoms with E-state index in [0.29, 0.717) is 12.2 Å². The number of carbonyl (C=O) groups is 1. The molecule has 0 saturated heterocycles. The van der Waals surface area contributed by atoms with Crippen LogP contribution < -0.4 is 9.62 Å². The Bertz CT molecular complexity index is 900. The van der Waals surface area contributed by atoms with Gasteiger partial charge in [0.1, 0.15) is 5.82 Å². The van der Waals surface area contributed by atoms with Crippen LogP contribution in [0.1, 0.15) is 30.1 Å². The Labute approximate surface area is 152 Å². The van der Waals surface area contributed by atoms with Gasteiger partial charge >= 0.3 is 5.97 Å². The second kappa shape index (κ2) is 8.18. The van der Waals surface area contributed by atoms with Crippen molar-refractivity contribution in [1.82, 2.24) is 0 Å². The van der Waals surface area contributed by atoms with E-state index in [-0.39, 0.29) is 16.1 Å². The number of sulfonamides is 1. The molecule has 0 aliphatic heterocycles. The molecule has 0 fully saturated rings. The lowest BCUT2D eigenvalue weighted by Gasteiger charge is -2.21. The third kappa shape index (κ3) is 4.72. The summed E-state index contributed by atoms with van der Waals surface area (Å²) >= 11 is 0. The zero-order valence-electron chi connectivity index (χ0n) is 14.6. The fraction of sp³-hybridized carbons (Fsp3) is 0.278. The molecule has 6 nitrogen and oxygen atoms in total. The number of halogens is 1. The average Bonchev–Trinajstić information content (AvgIpc) is 2.59. The number of hydrogen-bond acceptors (Lipinski definition) is 4. The number of unbranched alkanes of at least 4 members (excludes halogenated alkanes) is 1. The van der Waals surface area contributed by atoms with Gasteiger partial charge in [-0.3, -0.25) is 4.72 Å². The van der Waals surface area contributed by atoms with Gasteiger partial charge in [0.2, 0.25) is 0 Å². The highest BCUT2D eigenvalue weighted by molar-refractivity contribution is 7.92. The maximum atomic E-state index is 13.3. The standard InChI is InChI=1S/C18H21FN2O4S/c1-3-4-10-21(2)17-9-8-14(12-16(17)18(22)23)20-26(24,25)15-7-5-6-13(19)11-15/h5-9,11-12,20H,3-4,10H2,1-2H3,(H,22,23). The minimum Gasteiger partial charge on any atom is -0.478 e. The van der Waals surface area contributed by atoms with Crippen LogP contribution in [-0.2, 0) is 10.0 Å². The topological polar surface area (TPSA) is 86.7 Å². The van der Waals surface area contributed by atoms with Gasteiger partial charge in [0.05, 0.1) is 16.1 Å². The van der Waals surface area contributed by atoms with Crippen molar-refractivity contribution in [2.75, 3.05) is 23.2 Å². The highest BCUT2D eigenvalue weighted by atomic mass is 32.2. The number of benzene rings is 2. The van der Waals surface area contributed by atoms with E-state index in [2.05, 4.69) is 4.72 Å². The lowest BCUT2D eigenvalue weighted by Crippen LogP contribution is -2.21. The molecular formula is C18H21FN2O4S. The SMILES string of the molecule is CCCCN(C)c1ccc(NS(=O)(=O)c2cccc(F)c2)cc1C(=O)O. The van der Waals surface area contributed by atoms with Gasteiger partial charge in [-0.2, -0.15) is 0 Å². The van der Waals surface area contributed by atoms with Crippen molar-refractivity contribution >= 4 is 27.4 Å². The number of aromatic carboxylic acids is 1. The monoisotopic (exact) mass is 380 g/mol. The Balaban J connectivity index is 2.33. The molecule has 2 rings (SSSR count). The van der Waals surface area contributed by atoms with Gasteiger partial charge in [-0.15, -0.1) is 0 Å². The van der Waals surface area contributed by atoms with Crippen LogP contribution in [0.15, 0.2) is 47.4 Å². The number of carboxylic acid groups (broad SMARTS) is 1. The molecular weight excluding hydrogens is 359 g/mol. The summed E-state index contributed by atoms with van der Waals surface area (Å²) < 4.78 is 40.3. The summed E-state index contributed by atoms with van der Waals surface area (Å²) in [5.74, 6) is -1.83. The van der Waals surface area contributed by atoms with Crippen molar-refractivity contribution in [2.24, 2.45) is 0 Å². The number of rotatable bonds is 8. The van der Waals surface area contributed by atoms with Crippen molar-refractivity contribution < 1.29 is 22.7 Å². The van der Waals surface area contributed by atoms with Crippen LogP contribution in [0.25, 0.3) is 0 Å². The van der Waals surface area contributed by atoms with Gasteiger partial charge in [-0.1, -0.05) is 19.4 Å². The molecule has 0 heterocycles. The minimum absolute atomic E-state index is 0.0111. The van der Waals surface area contributed by atoms with E-state index in [1.165, 1.54) is 24.3 Å². The molecule has 0 radical (unpaired) electrons. The first kappa shape index (κ1) is 19.7. The van der Waals surface area contributed by atoms with Crippen molar-refractivity contribution in [1.29, 1.82) is 0 Å². The predicted molar refractivity (Wildman–Crippen MR) is 98.8 cm³/mol. The van der Waals surface area contributed by atoms with Gasteiger partial charge in [-0.05, 0) is 42.8 Å². The number of hydrogen-bond donors (Lipinski definition) is 2. The number of anilines is 2. The van der Waals surface area contributed by atoms with E-state index in [1.54, 1.807) is 13.1 Å². The molecule has 2 N–H and O–H groups in total. The van der Waals surface area contributed by atoms with E-state index < -0.39 is 21.8 Å². The van der Waals surface area contributed by atoms with Crippen LogP contribution in [0.4, 0.5) is 15.8 Å². The highest BCUT2D eigenvalue weighted by Gasteiger charge is 2.18. The normalized spacial score (nSPS) is 11.2. The first-order valence-corrected chi connectivity index (χ1v) is 9.60. The number of nitrogens with one attached hydrogen (secondary N) is 1. The minimum atomic E-state index is -4.02. The Kier molecular flexibility index (Phi) is 6.20. The molecule has 8 heteroatoms. The summed E-state index contributed by atoms with van der Waals surface area (Å²) in [5, 5.41) is 9.46. The Hall–Kier alpha value is -2.61. The van der Waals surface area contributed by atoms with Crippen molar-refractivity contribution in [3.63, 3.8) is 0 Å². The van der Waals surface area contributed by atoms with Gasteiger partial charge in [0.15, 0.2) is 0 Å². The Morgan fingerprint density at radius 2 is 1.96 bits per heavy atom. The zero-order valence-corrected chi connectivity index (χ0v) is 15.4. The van der Waals surface area contributed by atoms with Crippen LogP contribution in [-0.4, -0.2) is 33.1 Å². The molecule has 26 heavy (non-hydrogen) atoms. The Morgan fingerprint density at radius 3 is 2.58 bits per heavy atom. The van der Waals surface area contributed by atoms with Gasteiger partial charge in [0, 0.05) is 19.3 Å². The second-order valence-corrected chi connectivity index (χ2v) is 7.56. The molecule has 0 aliphatic carbocycles. The van der Waals surface area contributed by atoms with Crippen molar-refractivity contribution in [3.05, 3.63) is 53.8 Å². The molecule has 0 spiro atoms. The molecule has 0 unspecified atom stereocenters. The number of nitrogens with zero attached hydrogens (tertiary/aromatic N) is 1. The summed E-state index contributed by atoms with van der Waals surface area (Å²) in [6.45, 7) is 2.72. The van der Waals surface area contributed by atoms with E-state index >= 15 is 0 Å². The van der Waals surface area contributed by atoms with Crippen LogP contribution in [0, 0.1) is 5.82 Å². The summed E-state index contributed by atoms with van der Waals surface area (Å²) in [7, 11) is -2.24. The summed E-state index contributed by atoms with van der Waals surface area (Å²) in [4.78, 5) is 13.2. The second-order valence-electron chi connectivity index (χ2n) is 5.88. The molecule has 0 aliphatic rings. The van der Waals surface area contributed by atoms with Gasteiger partial charge < -0.3 is 10.0 Å². The first-order valence-electron chi connectivity index (χ1n) is 8.11. The van der Waals surface area contributed by atoms with E-state index in [0.717, 1.165) is 25.0 Å². The largest absolute Gasteiger partial charge is 0.478 e. The fourth-order valence-corrected chi connectivity index (χ4v) is 3.55. The fourth-order valence-electron chi connectivity index (χ4n) is 2.47. The van der Waals surface area contributed by atoms with Gasteiger partial charge in [0.25, 0.3) is 10.0 Å². The van der Waals surface area contributed by atoms with Crippen molar-refractivity contribution in [3.8, 4) is 0 Å². The maximum absolute atomic E-state index is 13.3. The molecule has 0 bridgehead atoms. The molecule has 2 aromatic rings. The van der Waals surface area contributed by atoms with Crippen LogP contribution in [0.5, 0.6) is 0 Å². The summed E-state index contributed by atoms with van der Waals surface area (Å²) in [6.07, 6.45) is 1.88. The van der Waals surface area contributed by atoms with Gasteiger partial charge in [-0.25, -0.2) is 17.6 Å². The summed E-state index contributed by atoms with van der Waals surface area (Å²) in [5.41, 5.74) is 0.585. The quantitative estimate of drug-likeness (QED) is 0.731. The van der Waals surface area contributed by atoms with Crippen LogP contribution in [0.3, 0.4) is 0 Å². The molecule has 0 aromatic heterocycles. The molecule has 140 valence electrons. The van der Waals surface area contributed by atoms with E-state index in [9.17, 15) is 22.7 Å². The third-order valence-electron chi connectivity index (χ3n) is 3.84. The average molecular weight is 380 g/mol. The predicted octanol–water partition coefficient (Wildman–Crippen LogP) is 3.56. The third-order valence-corrected chi connectivity index (χ3v) is 5.22. The summed E-state index contributed by atoms with van der Waals surface area (Å²) in [6, 6.07) is 8.89. The lowest BCUT2D eigenvalue weighted by atomic mass is 10.1. The highest BCUT2D eigenvalue weighted by Crippen LogP contribution is 2.26. The molecule has 0 saturated carbocycles. The molecule has 0 atom stereocenters. The number of carboxylic acids is 1. The molecule has 0 amide bonds. The molecule has 2 aromatic carbocycles.